The first-order chi connectivity index (χ1) is 9.10. The van der Waals surface area contributed by atoms with E-state index in [1.807, 2.05) is 30.6 Å². The van der Waals surface area contributed by atoms with Crippen LogP contribution in [0.3, 0.4) is 0 Å². The SMILES string of the molecule is CCNC(=O)CN(CC)C(C)C(=O)N1CCNCC1. The van der Waals surface area contributed by atoms with Crippen molar-refractivity contribution in [2.24, 2.45) is 0 Å². The van der Waals surface area contributed by atoms with Crippen molar-refractivity contribution in [3.8, 4) is 0 Å². The molecule has 2 amide bonds. The Morgan fingerprint density at radius 3 is 2.47 bits per heavy atom. The Morgan fingerprint density at radius 1 is 1.32 bits per heavy atom. The Hall–Kier alpha value is -1.14. The van der Waals surface area contributed by atoms with E-state index in [9.17, 15) is 9.59 Å². The van der Waals surface area contributed by atoms with Crippen LogP contribution in [0.4, 0.5) is 0 Å². The Bertz CT molecular complexity index is 303. The molecule has 0 bridgehead atoms. The van der Waals surface area contributed by atoms with Crippen LogP contribution in [0.1, 0.15) is 20.8 Å². The van der Waals surface area contributed by atoms with Crippen LogP contribution in [0.2, 0.25) is 0 Å². The molecule has 6 heteroatoms. The molecule has 1 aliphatic heterocycles. The van der Waals surface area contributed by atoms with E-state index in [1.165, 1.54) is 0 Å². The zero-order chi connectivity index (χ0) is 14.3. The molecule has 0 aromatic heterocycles. The normalized spacial score (nSPS) is 17.4. The van der Waals surface area contributed by atoms with Gasteiger partial charge in [-0.1, -0.05) is 6.92 Å². The molecule has 1 atom stereocenters. The van der Waals surface area contributed by atoms with Gasteiger partial charge < -0.3 is 15.5 Å². The van der Waals surface area contributed by atoms with E-state index in [1.54, 1.807) is 0 Å². The first-order valence-electron chi connectivity index (χ1n) is 7.10. The third-order valence-electron chi connectivity index (χ3n) is 3.46. The molecule has 110 valence electrons. The van der Waals surface area contributed by atoms with Crippen LogP contribution in [-0.4, -0.2) is 73.5 Å². The molecule has 0 saturated carbocycles. The van der Waals surface area contributed by atoms with Crippen LogP contribution in [0, 0.1) is 0 Å². The summed E-state index contributed by atoms with van der Waals surface area (Å²) in [5.41, 5.74) is 0. The van der Waals surface area contributed by atoms with Gasteiger partial charge in [0.25, 0.3) is 0 Å². The van der Waals surface area contributed by atoms with Crippen LogP contribution in [0.15, 0.2) is 0 Å². The Balaban J connectivity index is 2.53. The fraction of sp³-hybridized carbons (Fsp3) is 0.846. The van der Waals surface area contributed by atoms with Crippen LogP contribution < -0.4 is 10.6 Å². The number of likely N-dealkylation sites (N-methyl/N-ethyl adjacent to an activating group) is 2. The molecule has 6 nitrogen and oxygen atoms in total. The largest absolute Gasteiger partial charge is 0.355 e. The van der Waals surface area contributed by atoms with Crippen molar-refractivity contribution in [3.63, 3.8) is 0 Å². The van der Waals surface area contributed by atoms with Crippen molar-refractivity contribution in [2.45, 2.75) is 26.8 Å². The highest BCUT2D eigenvalue weighted by molar-refractivity contribution is 5.83. The van der Waals surface area contributed by atoms with E-state index in [0.717, 1.165) is 26.2 Å². The predicted octanol–water partition coefficient (Wildman–Crippen LogP) is -0.735. The van der Waals surface area contributed by atoms with E-state index >= 15 is 0 Å². The molecule has 0 aromatic rings. The number of nitrogens with one attached hydrogen (secondary N) is 2. The second-order valence-corrected chi connectivity index (χ2v) is 4.77. The van der Waals surface area contributed by atoms with Crippen LogP contribution in [0.25, 0.3) is 0 Å². The van der Waals surface area contributed by atoms with Crippen molar-refractivity contribution in [1.82, 2.24) is 20.4 Å². The Morgan fingerprint density at radius 2 is 1.95 bits per heavy atom. The minimum atomic E-state index is -0.245. The summed E-state index contributed by atoms with van der Waals surface area (Å²) >= 11 is 0. The van der Waals surface area contributed by atoms with Crippen molar-refractivity contribution >= 4 is 11.8 Å². The standard InChI is InChI=1S/C13H26N4O2/c1-4-15-12(18)10-16(5-2)11(3)13(19)17-8-6-14-7-9-17/h11,14H,4-10H2,1-3H3,(H,15,18). The molecule has 0 aromatic carbocycles. The number of nitrogens with zero attached hydrogens (tertiary/aromatic N) is 2. The summed E-state index contributed by atoms with van der Waals surface area (Å²) in [7, 11) is 0. The average Bonchev–Trinajstić information content (AvgIpc) is 2.44. The molecule has 1 unspecified atom stereocenters. The molecule has 0 aliphatic carbocycles. The van der Waals surface area contributed by atoms with Crippen molar-refractivity contribution in [2.75, 3.05) is 45.8 Å². The fourth-order valence-corrected chi connectivity index (χ4v) is 2.27. The van der Waals surface area contributed by atoms with Gasteiger partial charge >= 0.3 is 0 Å². The number of hydrogen-bond donors (Lipinski definition) is 2. The molecule has 2 N–H and O–H groups in total. The summed E-state index contributed by atoms with van der Waals surface area (Å²) in [6, 6.07) is -0.245. The second kappa shape index (κ2) is 8.12. The highest BCUT2D eigenvalue weighted by atomic mass is 16.2. The minimum Gasteiger partial charge on any atom is -0.355 e. The van der Waals surface area contributed by atoms with Gasteiger partial charge in [0.05, 0.1) is 12.6 Å². The molecular weight excluding hydrogens is 244 g/mol. The van der Waals surface area contributed by atoms with Crippen molar-refractivity contribution < 1.29 is 9.59 Å². The van der Waals surface area contributed by atoms with Crippen molar-refractivity contribution in [1.29, 1.82) is 0 Å². The summed E-state index contributed by atoms with van der Waals surface area (Å²) in [6.07, 6.45) is 0. The zero-order valence-corrected chi connectivity index (χ0v) is 12.2. The zero-order valence-electron chi connectivity index (χ0n) is 12.2. The first-order valence-corrected chi connectivity index (χ1v) is 7.10. The van der Waals surface area contributed by atoms with Gasteiger partial charge in [-0.25, -0.2) is 0 Å². The molecule has 1 rings (SSSR count). The summed E-state index contributed by atoms with van der Waals surface area (Å²) in [5.74, 6) is 0.0944. The van der Waals surface area contributed by atoms with Gasteiger partial charge in [-0.2, -0.15) is 0 Å². The van der Waals surface area contributed by atoms with E-state index in [2.05, 4.69) is 10.6 Å². The summed E-state index contributed by atoms with van der Waals surface area (Å²) in [5, 5.41) is 6.00. The van der Waals surface area contributed by atoms with E-state index in [4.69, 9.17) is 0 Å². The maximum absolute atomic E-state index is 12.4. The van der Waals surface area contributed by atoms with Crippen LogP contribution in [-0.2, 0) is 9.59 Å². The minimum absolute atomic E-state index is 0.0238. The molecule has 1 fully saturated rings. The quantitative estimate of drug-likeness (QED) is 0.667. The van der Waals surface area contributed by atoms with Gasteiger partial charge in [0, 0.05) is 32.7 Å². The molecular formula is C13H26N4O2. The second-order valence-electron chi connectivity index (χ2n) is 4.77. The lowest BCUT2D eigenvalue weighted by Gasteiger charge is -2.34. The Labute approximate surface area is 115 Å². The predicted molar refractivity (Wildman–Crippen MR) is 74.8 cm³/mol. The van der Waals surface area contributed by atoms with Crippen LogP contribution >= 0.6 is 0 Å². The van der Waals surface area contributed by atoms with Gasteiger partial charge in [-0.3, -0.25) is 14.5 Å². The maximum atomic E-state index is 12.4. The third kappa shape index (κ3) is 4.80. The van der Waals surface area contributed by atoms with E-state index in [0.29, 0.717) is 13.1 Å². The summed E-state index contributed by atoms with van der Waals surface area (Å²) in [4.78, 5) is 27.8. The molecule has 1 heterocycles. The topological polar surface area (TPSA) is 64.7 Å². The molecule has 1 saturated heterocycles. The number of carbonyl (C=O) groups is 2. The highest BCUT2D eigenvalue weighted by Crippen LogP contribution is 2.05. The summed E-state index contributed by atoms with van der Waals surface area (Å²) < 4.78 is 0. The molecule has 19 heavy (non-hydrogen) atoms. The average molecular weight is 270 g/mol. The smallest absolute Gasteiger partial charge is 0.239 e. The summed E-state index contributed by atoms with van der Waals surface area (Å²) in [6.45, 7) is 10.5. The number of amides is 2. The molecule has 0 spiro atoms. The van der Waals surface area contributed by atoms with Gasteiger partial charge in [0.15, 0.2) is 0 Å². The van der Waals surface area contributed by atoms with Crippen LogP contribution in [0.5, 0.6) is 0 Å². The van der Waals surface area contributed by atoms with Gasteiger partial charge in [-0.05, 0) is 20.4 Å². The van der Waals surface area contributed by atoms with E-state index in [-0.39, 0.29) is 24.4 Å². The third-order valence-corrected chi connectivity index (χ3v) is 3.46. The van der Waals surface area contributed by atoms with Gasteiger partial charge in [0.2, 0.25) is 11.8 Å². The molecule has 0 radical (unpaired) electrons. The number of hydrogen-bond acceptors (Lipinski definition) is 4. The number of rotatable bonds is 6. The lowest BCUT2D eigenvalue weighted by Crippen LogP contribution is -2.54. The van der Waals surface area contributed by atoms with Crippen molar-refractivity contribution in [3.05, 3.63) is 0 Å². The maximum Gasteiger partial charge on any atom is 0.239 e. The van der Waals surface area contributed by atoms with E-state index < -0.39 is 0 Å². The number of piperazine rings is 1. The van der Waals surface area contributed by atoms with Gasteiger partial charge in [0.1, 0.15) is 0 Å². The highest BCUT2D eigenvalue weighted by Gasteiger charge is 2.27. The number of carbonyl (C=O) groups excluding carboxylic acids is 2. The Kier molecular flexibility index (Phi) is 6.80. The fourth-order valence-electron chi connectivity index (χ4n) is 2.27. The van der Waals surface area contributed by atoms with Gasteiger partial charge in [-0.15, -0.1) is 0 Å². The molecule has 1 aliphatic rings. The monoisotopic (exact) mass is 270 g/mol. The first kappa shape index (κ1) is 15.9. The lowest BCUT2D eigenvalue weighted by atomic mass is 10.2. The lowest BCUT2D eigenvalue weighted by molar-refractivity contribution is -0.137.